The predicted octanol–water partition coefficient (Wildman–Crippen LogP) is 1.96. The molecule has 0 amide bonds. The number of rotatable bonds is 5. The lowest BCUT2D eigenvalue weighted by Crippen LogP contribution is -2.54. The SMILES string of the molecule is CNC(CC(C)C)C1(C(=O)OC)CCC1. The normalized spacial score (nSPS) is 20.9. The Morgan fingerprint density at radius 3 is 2.33 bits per heavy atom. The van der Waals surface area contributed by atoms with Crippen LogP contribution in [0.3, 0.4) is 0 Å². The zero-order valence-electron chi connectivity index (χ0n) is 10.3. The molecule has 1 aliphatic carbocycles. The summed E-state index contributed by atoms with van der Waals surface area (Å²) in [7, 11) is 3.43. The number of esters is 1. The highest BCUT2D eigenvalue weighted by Crippen LogP contribution is 2.46. The monoisotopic (exact) mass is 213 g/mol. The average molecular weight is 213 g/mol. The van der Waals surface area contributed by atoms with E-state index < -0.39 is 0 Å². The van der Waals surface area contributed by atoms with Crippen molar-refractivity contribution in [3.8, 4) is 0 Å². The van der Waals surface area contributed by atoms with Crippen LogP contribution in [0.5, 0.6) is 0 Å². The third-order valence-electron chi connectivity index (χ3n) is 3.56. The number of carbonyl (C=O) groups excluding carboxylic acids is 1. The molecule has 0 saturated heterocycles. The Hall–Kier alpha value is -0.570. The second kappa shape index (κ2) is 4.97. The Balaban J connectivity index is 2.73. The first-order valence-corrected chi connectivity index (χ1v) is 5.82. The molecule has 3 nitrogen and oxygen atoms in total. The van der Waals surface area contributed by atoms with Gasteiger partial charge in [-0.05, 0) is 32.2 Å². The minimum Gasteiger partial charge on any atom is -0.469 e. The molecule has 1 unspecified atom stereocenters. The molecule has 0 aliphatic heterocycles. The second-order valence-electron chi connectivity index (χ2n) is 4.97. The van der Waals surface area contributed by atoms with Crippen molar-refractivity contribution in [3.63, 3.8) is 0 Å². The van der Waals surface area contributed by atoms with Gasteiger partial charge in [0, 0.05) is 6.04 Å². The molecular formula is C12H23NO2. The molecule has 1 rings (SSSR count). The van der Waals surface area contributed by atoms with E-state index in [0.29, 0.717) is 5.92 Å². The fraction of sp³-hybridized carbons (Fsp3) is 0.917. The molecule has 0 aromatic carbocycles. The molecule has 1 aliphatic rings. The summed E-state index contributed by atoms with van der Waals surface area (Å²) in [4.78, 5) is 11.8. The van der Waals surface area contributed by atoms with E-state index in [2.05, 4.69) is 19.2 Å². The first-order valence-electron chi connectivity index (χ1n) is 5.82. The molecule has 88 valence electrons. The van der Waals surface area contributed by atoms with Crippen LogP contribution < -0.4 is 5.32 Å². The van der Waals surface area contributed by atoms with E-state index in [0.717, 1.165) is 25.7 Å². The van der Waals surface area contributed by atoms with Gasteiger partial charge in [0.05, 0.1) is 12.5 Å². The summed E-state index contributed by atoms with van der Waals surface area (Å²) < 4.78 is 4.94. The number of nitrogens with one attached hydrogen (secondary N) is 1. The van der Waals surface area contributed by atoms with Gasteiger partial charge in [-0.1, -0.05) is 20.3 Å². The van der Waals surface area contributed by atoms with Gasteiger partial charge in [0.25, 0.3) is 0 Å². The van der Waals surface area contributed by atoms with Crippen LogP contribution in [0.4, 0.5) is 0 Å². The van der Waals surface area contributed by atoms with E-state index in [1.54, 1.807) is 0 Å². The molecule has 0 bridgehead atoms. The van der Waals surface area contributed by atoms with Gasteiger partial charge >= 0.3 is 5.97 Å². The first-order chi connectivity index (χ1) is 7.06. The van der Waals surface area contributed by atoms with Gasteiger partial charge in [0.15, 0.2) is 0 Å². The van der Waals surface area contributed by atoms with Gasteiger partial charge in [-0.3, -0.25) is 4.79 Å². The van der Waals surface area contributed by atoms with E-state index in [-0.39, 0.29) is 17.4 Å². The molecule has 1 atom stereocenters. The summed E-state index contributed by atoms with van der Waals surface area (Å²) in [5.41, 5.74) is -0.242. The quantitative estimate of drug-likeness (QED) is 0.709. The van der Waals surface area contributed by atoms with E-state index in [1.165, 1.54) is 7.11 Å². The van der Waals surface area contributed by atoms with Crippen molar-refractivity contribution in [1.29, 1.82) is 0 Å². The zero-order chi connectivity index (χ0) is 11.5. The smallest absolute Gasteiger partial charge is 0.313 e. The average Bonchev–Trinajstić information content (AvgIpc) is 2.13. The van der Waals surface area contributed by atoms with Crippen LogP contribution in [0.2, 0.25) is 0 Å². The van der Waals surface area contributed by atoms with Crippen molar-refractivity contribution in [3.05, 3.63) is 0 Å². The first kappa shape index (κ1) is 12.5. The van der Waals surface area contributed by atoms with Crippen molar-refractivity contribution in [2.24, 2.45) is 11.3 Å². The number of ether oxygens (including phenoxy) is 1. The van der Waals surface area contributed by atoms with Gasteiger partial charge < -0.3 is 10.1 Å². The zero-order valence-corrected chi connectivity index (χ0v) is 10.3. The van der Waals surface area contributed by atoms with Crippen LogP contribution in [-0.4, -0.2) is 26.2 Å². The van der Waals surface area contributed by atoms with Gasteiger partial charge in [-0.2, -0.15) is 0 Å². The lowest BCUT2D eigenvalue weighted by molar-refractivity contribution is -0.161. The highest BCUT2D eigenvalue weighted by atomic mass is 16.5. The van der Waals surface area contributed by atoms with Crippen LogP contribution in [0, 0.1) is 11.3 Å². The minimum atomic E-state index is -0.242. The lowest BCUT2D eigenvalue weighted by Gasteiger charge is -2.45. The molecule has 0 radical (unpaired) electrons. The topological polar surface area (TPSA) is 38.3 Å². The molecule has 0 aromatic rings. The van der Waals surface area contributed by atoms with Crippen molar-refractivity contribution < 1.29 is 9.53 Å². The summed E-state index contributed by atoms with van der Waals surface area (Å²) in [5, 5.41) is 3.29. The Bertz CT molecular complexity index is 222. The maximum atomic E-state index is 11.8. The highest BCUT2D eigenvalue weighted by molar-refractivity contribution is 5.78. The largest absolute Gasteiger partial charge is 0.469 e. The summed E-state index contributed by atoms with van der Waals surface area (Å²) in [5.74, 6) is 0.568. The minimum absolute atomic E-state index is 0.0336. The van der Waals surface area contributed by atoms with Crippen LogP contribution in [0.25, 0.3) is 0 Å². The van der Waals surface area contributed by atoms with E-state index in [9.17, 15) is 4.79 Å². The fourth-order valence-electron chi connectivity index (χ4n) is 2.55. The van der Waals surface area contributed by atoms with Gasteiger partial charge in [-0.15, -0.1) is 0 Å². The second-order valence-corrected chi connectivity index (χ2v) is 4.97. The lowest BCUT2D eigenvalue weighted by atomic mass is 9.62. The third-order valence-corrected chi connectivity index (χ3v) is 3.56. The summed E-state index contributed by atoms with van der Waals surface area (Å²) >= 11 is 0. The molecular weight excluding hydrogens is 190 g/mol. The van der Waals surface area contributed by atoms with E-state index in [1.807, 2.05) is 7.05 Å². The van der Waals surface area contributed by atoms with E-state index >= 15 is 0 Å². The fourth-order valence-corrected chi connectivity index (χ4v) is 2.55. The van der Waals surface area contributed by atoms with Crippen molar-refractivity contribution in [2.45, 2.75) is 45.6 Å². The van der Waals surface area contributed by atoms with Gasteiger partial charge in [0.1, 0.15) is 0 Å². The maximum Gasteiger partial charge on any atom is 0.313 e. The molecule has 0 spiro atoms. The van der Waals surface area contributed by atoms with Crippen LogP contribution in [0.15, 0.2) is 0 Å². The number of carbonyl (C=O) groups is 1. The molecule has 15 heavy (non-hydrogen) atoms. The molecule has 1 fully saturated rings. The third kappa shape index (κ3) is 2.33. The van der Waals surface area contributed by atoms with Gasteiger partial charge in [0.2, 0.25) is 0 Å². The van der Waals surface area contributed by atoms with Crippen LogP contribution in [0.1, 0.15) is 39.5 Å². The summed E-state index contributed by atoms with van der Waals surface area (Å²) in [6.45, 7) is 4.38. The number of hydrogen-bond donors (Lipinski definition) is 1. The summed E-state index contributed by atoms with van der Waals surface area (Å²) in [6.07, 6.45) is 4.12. The van der Waals surface area contributed by atoms with Crippen molar-refractivity contribution >= 4 is 5.97 Å². The van der Waals surface area contributed by atoms with Crippen LogP contribution >= 0.6 is 0 Å². The molecule has 0 heterocycles. The highest BCUT2D eigenvalue weighted by Gasteiger charge is 2.50. The molecule has 1 saturated carbocycles. The predicted molar refractivity (Wildman–Crippen MR) is 60.6 cm³/mol. The number of hydrogen-bond acceptors (Lipinski definition) is 3. The Morgan fingerprint density at radius 2 is 2.07 bits per heavy atom. The molecule has 1 N–H and O–H groups in total. The maximum absolute atomic E-state index is 11.8. The van der Waals surface area contributed by atoms with Crippen LogP contribution in [-0.2, 0) is 9.53 Å². The number of methoxy groups -OCH3 is 1. The Morgan fingerprint density at radius 1 is 1.47 bits per heavy atom. The molecule has 0 aromatic heterocycles. The van der Waals surface area contributed by atoms with E-state index in [4.69, 9.17) is 4.74 Å². The van der Waals surface area contributed by atoms with Crippen molar-refractivity contribution in [2.75, 3.05) is 14.2 Å². The summed E-state index contributed by atoms with van der Waals surface area (Å²) in [6, 6.07) is 0.263. The Labute approximate surface area is 92.6 Å². The standard InChI is InChI=1S/C12H23NO2/c1-9(2)8-10(13-3)12(6-5-7-12)11(14)15-4/h9-10,13H,5-8H2,1-4H3. The molecule has 3 heteroatoms. The Kier molecular flexibility index (Phi) is 4.14. The van der Waals surface area contributed by atoms with Crippen molar-refractivity contribution in [1.82, 2.24) is 5.32 Å². The van der Waals surface area contributed by atoms with Gasteiger partial charge in [-0.25, -0.2) is 0 Å².